The molecule has 6 heterocycles. The molecule has 0 aliphatic carbocycles. The molecule has 0 saturated carbocycles. The molecular weight excluding hydrogens is 777 g/mol. The van der Waals surface area contributed by atoms with Crippen molar-refractivity contribution in [3.8, 4) is 22.9 Å². The monoisotopic (exact) mass is 798 g/mol. The first-order chi connectivity index (χ1) is 25.8. The molecule has 6 N–H and O–H groups in total. The van der Waals surface area contributed by atoms with Crippen molar-refractivity contribution in [1.82, 2.24) is 39.5 Å². The second kappa shape index (κ2) is 12.3. The standard InChI is InChI=1S/C34H22N8O8S4/c1-11-21(29(45)41(39-11)15-5-7-17-19(9-15)37-33(47)35-17)31-51-25-23(49-13(3)43)27-28(24(26(25)52-31)50-14(4)44)54-32(53-27)22-12(2)40-42(30(22)46)16-6-8-18-20(10-16)38-34(48)36-18/h5-10,39-40H,1-2H2,3-4H3,(H2,35,37,47)(H2,36,38,48). The normalized spacial score (nSPS) is 13.6. The highest BCUT2D eigenvalue weighted by atomic mass is 32.2. The van der Waals surface area contributed by atoms with Crippen LogP contribution in [0, 0.1) is 0 Å². The first-order valence-corrected chi connectivity index (χ1v) is 19.0. The summed E-state index contributed by atoms with van der Waals surface area (Å²) in [7, 11) is 0. The zero-order valence-electron chi connectivity index (χ0n) is 27.7. The van der Waals surface area contributed by atoms with Crippen molar-refractivity contribution < 1.29 is 19.1 Å². The fraction of sp³-hybridized carbons (Fsp3) is 0.0588. The number of imidazole rings is 2. The Hall–Kier alpha value is -5.96. The van der Waals surface area contributed by atoms with E-state index in [1.807, 2.05) is 0 Å². The third kappa shape index (κ3) is 5.36. The Labute approximate surface area is 315 Å². The van der Waals surface area contributed by atoms with Crippen LogP contribution >= 0.6 is 47.0 Å². The zero-order valence-corrected chi connectivity index (χ0v) is 30.9. The van der Waals surface area contributed by atoms with Crippen molar-refractivity contribution in [2.24, 2.45) is 0 Å². The largest absolute Gasteiger partial charge is 0.424 e. The number of hydrogen-bond acceptors (Lipinski definition) is 12. The van der Waals surface area contributed by atoms with Gasteiger partial charge in [-0.15, -0.1) is 0 Å². The van der Waals surface area contributed by atoms with Gasteiger partial charge in [-0.25, -0.2) is 19.0 Å². The van der Waals surface area contributed by atoms with Crippen LogP contribution in [0.1, 0.15) is 13.8 Å². The minimum Gasteiger partial charge on any atom is -0.424 e. The number of carbonyl (C=O) groups is 2. The van der Waals surface area contributed by atoms with Gasteiger partial charge in [-0.05, 0) is 36.4 Å². The van der Waals surface area contributed by atoms with Crippen molar-refractivity contribution in [2.75, 3.05) is 0 Å². The average molecular weight is 799 g/mol. The fourth-order valence-corrected chi connectivity index (χ4v) is 11.8. The van der Waals surface area contributed by atoms with Crippen LogP contribution in [-0.2, 0) is 9.59 Å². The molecule has 20 heteroatoms. The summed E-state index contributed by atoms with van der Waals surface area (Å²) in [6.07, 6.45) is 0. The number of ether oxygens (including phenoxy) is 2. The van der Waals surface area contributed by atoms with Gasteiger partial charge < -0.3 is 29.4 Å². The van der Waals surface area contributed by atoms with Crippen molar-refractivity contribution in [2.45, 2.75) is 33.4 Å². The van der Waals surface area contributed by atoms with Gasteiger partial charge >= 0.3 is 23.3 Å². The summed E-state index contributed by atoms with van der Waals surface area (Å²) < 4.78 is 15.3. The molecule has 3 aromatic carbocycles. The molecule has 54 heavy (non-hydrogen) atoms. The molecule has 0 radical (unpaired) electrons. The molecule has 7 aromatic rings. The van der Waals surface area contributed by atoms with Crippen LogP contribution in [-0.4, -0.2) is 51.4 Å². The molecule has 16 nitrogen and oxygen atoms in total. The van der Waals surface area contributed by atoms with Crippen LogP contribution in [0.5, 0.6) is 11.5 Å². The maximum Gasteiger partial charge on any atom is 0.323 e. The number of nitrogens with one attached hydrogen (secondary N) is 6. The van der Waals surface area contributed by atoms with E-state index in [0.717, 1.165) is 47.0 Å². The number of fused-ring (bicyclic) bond motifs is 4. The molecule has 0 unspecified atom stereocenters. The first-order valence-electron chi connectivity index (χ1n) is 15.7. The molecule has 270 valence electrons. The minimum atomic E-state index is -0.613. The predicted octanol–water partition coefficient (Wildman–Crippen LogP) is 1.58. The highest BCUT2D eigenvalue weighted by Gasteiger charge is 2.39. The molecule has 9 rings (SSSR count). The maximum absolute atomic E-state index is 14.0. The molecule has 0 bridgehead atoms. The maximum atomic E-state index is 14.0. The fourth-order valence-electron chi connectivity index (χ4n) is 6.15. The number of thioether (sulfide) groups is 4. The van der Waals surface area contributed by atoms with Crippen molar-refractivity contribution >= 4 is 103 Å². The van der Waals surface area contributed by atoms with Gasteiger partial charge in [-0.2, -0.15) is 0 Å². The summed E-state index contributed by atoms with van der Waals surface area (Å²) in [5.41, 5.74) is 1.46. The Kier molecular flexibility index (Phi) is 7.71. The Bertz CT molecular complexity index is 3080. The zero-order chi connectivity index (χ0) is 37.7. The van der Waals surface area contributed by atoms with Crippen LogP contribution in [0.15, 0.2) is 75.2 Å². The summed E-state index contributed by atoms with van der Waals surface area (Å²) in [6, 6.07) is 9.98. The van der Waals surface area contributed by atoms with Crippen molar-refractivity contribution in [3.63, 3.8) is 0 Å². The van der Waals surface area contributed by atoms with E-state index in [0.29, 0.717) is 72.2 Å². The van der Waals surface area contributed by atoms with Gasteiger partial charge in [0.05, 0.1) is 82.6 Å². The Morgan fingerprint density at radius 1 is 0.574 bits per heavy atom. The second-order valence-corrected chi connectivity index (χ2v) is 16.6. The van der Waals surface area contributed by atoms with Gasteiger partial charge in [0, 0.05) is 13.8 Å². The number of esters is 2. The highest BCUT2D eigenvalue weighted by Crippen LogP contribution is 2.68. The van der Waals surface area contributed by atoms with Crippen LogP contribution in [0.25, 0.3) is 55.1 Å². The number of rotatable bonds is 4. The number of aromatic amines is 6. The van der Waals surface area contributed by atoms with E-state index in [4.69, 9.17) is 9.47 Å². The summed E-state index contributed by atoms with van der Waals surface area (Å²) >= 11 is 4.63. The van der Waals surface area contributed by atoms with Gasteiger partial charge in [0.2, 0.25) is 0 Å². The number of carbonyl (C=O) groups excluding carboxylic acids is 2. The summed E-state index contributed by atoms with van der Waals surface area (Å²) in [5, 5.41) is 7.10. The Morgan fingerprint density at radius 3 is 1.28 bits per heavy atom. The third-order valence-electron chi connectivity index (χ3n) is 8.36. The Morgan fingerprint density at radius 2 is 0.926 bits per heavy atom. The molecule has 0 spiro atoms. The smallest absolute Gasteiger partial charge is 0.323 e. The van der Waals surface area contributed by atoms with Crippen LogP contribution < -0.4 is 53.1 Å². The molecule has 4 aromatic heterocycles. The minimum absolute atomic E-state index is 0.176. The van der Waals surface area contributed by atoms with Gasteiger partial charge in [-0.3, -0.25) is 29.4 Å². The lowest BCUT2D eigenvalue weighted by Crippen LogP contribution is -2.35. The number of aromatic nitrogens is 8. The van der Waals surface area contributed by atoms with Crippen LogP contribution in [0.4, 0.5) is 0 Å². The topological polar surface area (TPSA) is 225 Å². The van der Waals surface area contributed by atoms with E-state index in [9.17, 15) is 28.8 Å². The van der Waals surface area contributed by atoms with E-state index >= 15 is 0 Å². The van der Waals surface area contributed by atoms with Crippen molar-refractivity contribution in [1.29, 1.82) is 0 Å². The highest BCUT2D eigenvalue weighted by molar-refractivity contribution is 8.33. The summed E-state index contributed by atoms with van der Waals surface area (Å²) in [5.74, 6) is -0.874. The van der Waals surface area contributed by atoms with E-state index in [1.54, 1.807) is 36.4 Å². The van der Waals surface area contributed by atoms with Gasteiger partial charge in [0.1, 0.15) is 0 Å². The van der Waals surface area contributed by atoms with E-state index in [1.165, 1.54) is 23.2 Å². The molecule has 0 saturated heterocycles. The Balaban J connectivity index is 1.19. The molecule has 2 aliphatic heterocycles. The van der Waals surface area contributed by atoms with E-state index < -0.39 is 23.1 Å². The van der Waals surface area contributed by atoms with Crippen LogP contribution in [0.2, 0.25) is 0 Å². The predicted molar refractivity (Wildman–Crippen MR) is 207 cm³/mol. The quantitative estimate of drug-likeness (QED) is 0.110. The number of benzene rings is 3. The molecule has 0 amide bonds. The lowest BCUT2D eigenvalue weighted by atomic mass is 10.3. The first kappa shape index (κ1) is 33.8. The molecular formula is C34H22N8O8S4. The summed E-state index contributed by atoms with van der Waals surface area (Å²) in [6.45, 7) is 10.7. The lowest BCUT2D eigenvalue weighted by molar-refractivity contribution is -0.133. The number of H-pyrrole nitrogens is 6. The van der Waals surface area contributed by atoms with Crippen LogP contribution in [0.3, 0.4) is 0 Å². The molecule has 0 fully saturated rings. The average Bonchev–Trinajstić information content (AvgIpc) is 3.95. The number of nitrogens with zero attached hydrogens (tertiary/aromatic N) is 2. The third-order valence-corrected chi connectivity index (χ3v) is 13.6. The SMILES string of the molecule is C=c1[nH]n(-c2ccc3[nH]c(=O)[nH]c3c2)c(=O)c1=C1Sc2c(OC(C)=O)c3c(c(OC(C)=O)c2S1)SC(=c1c(=C)[nH]n(-c2ccc4[nH]c(=O)[nH]c4c2)c1=O)S3. The lowest BCUT2D eigenvalue weighted by Gasteiger charge is -2.15. The van der Waals surface area contributed by atoms with Gasteiger partial charge in [0.15, 0.2) is 11.5 Å². The van der Waals surface area contributed by atoms with Crippen molar-refractivity contribution in [3.05, 3.63) is 99.2 Å². The second-order valence-electron chi connectivity index (χ2n) is 12.0. The van der Waals surface area contributed by atoms with E-state index in [-0.39, 0.29) is 33.3 Å². The molecule has 2 aliphatic rings. The van der Waals surface area contributed by atoms with Gasteiger partial charge in [-0.1, -0.05) is 60.2 Å². The number of hydrogen-bond donors (Lipinski definition) is 6. The van der Waals surface area contributed by atoms with E-state index in [2.05, 4.69) is 43.3 Å². The van der Waals surface area contributed by atoms with Gasteiger partial charge in [0.25, 0.3) is 11.1 Å². The molecule has 0 atom stereocenters. The summed E-state index contributed by atoms with van der Waals surface area (Å²) in [4.78, 5) is 89.1.